The molecule has 0 aliphatic heterocycles. The number of nitrogens with zero attached hydrogens (tertiary/aromatic N) is 3. The standard InChI is InChI=1S/C16H18F3N5O/c1-24(2)8-7-20-14-10-21-13(9-22-14)15(25)23-12-5-3-11(4-6-12)16(17,18)19/h3-6,9-10H,7-8H2,1-2H3,(H,20,22)(H,23,25). The van der Waals surface area contributed by atoms with Crippen LogP contribution in [0.3, 0.4) is 0 Å². The Balaban J connectivity index is 1.94. The highest BCUT2D eigenvalue weighted by atomic mass is 19.4. The van der Waals surface area contributed by atoms with E-state index in [0.29, 0.717) is 12.4 Å². The highest BCUT2D eigenvalue weighted by Crippen LogP contribution is 2.29. The molecule has 0 spiro atoms. The maximum Gasteiger partial charge on any atom is 0.416 e. The Morgan fingerprint density at radius 2 is 1.80 bits per heavy atom. The lowest BCUT2D eigenvalue weighted by molar-refractivity contribution is -0.137. The van der Waals surface area contributed by atoms with Crippen LogP contribution in [0.15, 0.2) is 36.7 Å². The van der Waals surface area contributed by atoms with Gasteiger partial charge in [0.1, 0.15) is 11.5 Å². The minimum Gasteiger partial charge on any atom is -0.368 e. The third kappa shape index (κ3) is 5.71. The number of carbonyl (C=O) groups excluding carboxylic acids is 1. The Morgan fingerprint density at radius 3 is 2.32 bits per heavy atom. The number of benzene rings is 1. The first-order valence-electron chi connectivity index (χ1n) is 7.45. The van der Waals surface area contributed by atoms with E-state index in [1.54, 1.807) is 0 Å². The van der Waals surface area contributed by atoms with Crippen molar-refractivity contribution in [3.05, 3.63) is 47.9 Å². The van der Waals surface area contributed by atoms with Gasteiger partial charge in [0.2, 0.25) is 0 Å². The molecule has 0 saturated carbocycles. The lowest BCUT2D eigenvalue weighted by Crippen LogP contribution is -2.21. The quantitative estimate of drug-likeness (QED) is 0.836. The second kappa shape index (κ2) is 7.93. The maximum absolute atomic E-state index is 12.5. The summed E-state index contributed by atoms with van der Waals surface area (Å²) in [6, 6.07) is 4.18. The largest absolute Gasteiger partial charge is 0.416 e. The SMILES string of the molecule is CN(C)CCNc1cnc(C(=O)Nc2ccc(C(F)(F)F)cc2)cn1. The Labute approximate surface area is 143 Å². The van der Waals surface area contributed by atoms with E-state index in [1.165, 1.54) is 24.5 Å². The van der Waals surface area contributed by atoms with Crippen molar-refractivity contribution < 1.29 is 18.0 Å². The number of nitrogens with one attached hydrogen (secondary N) is 2. The molecule has 2 aromatic rings. The molecule has 2 rings (SSSR count). The summed E-state index contributed by atoms with van der Waals surface area (Å²) < 4.78 is 37.5. The first kappa shape index (κ1) is 18.7. The molecule has 25 heavy (non-hydrogen) atoms. The van der Waals surface area contributed by atoms with Crippen molar-refractivity contribution in [3.63, 3.8) is 0 Å². The lowest BCUT2D eigenvalue weighted by atomic mass is 10.2. The van der Waals surface area contributed by atoms with Crippen LogP contribution in [0, 0.1) is 0 Å². The van der Waals surface area contributed by atoms with Crippen LogP contribution < -0.4 is 10.6 Å². The van der Waals surface area contributed by atoms with E-state index >= 15 is 0 Å². The van der Waals surface area contributed by atoms with Gasteiger partial charge >= 0.3 is 6.18 Å². The molecule has 1 aromatic carbocycles. The van der Waals surface area contributed by atoms with Crippen molar-refractivity contribution in [2.24, 2.45) is 0 Å². The number of rotatable bonds is 6. The molecule has 0 aliphatic rings. The normalized spacial score (nSPS) is 11.4. The van der Waals surface area contributed by atoms with Crippen LogP contribution in [-0.4, -0.2) is 48.0 Å². The topological polar surface area (TPSA) is 70.2 Å². The summed E-state index contributed by atoms with van der Waals surface area (Å²) in [6.07, 6.45) is -1.68. The van der Waals surface area contributed by atoms with E-state index in [0.717, 1.165) is 18.7 Å². The molecule has 6 nitrogen and oxygen atoms in total. The van der Waals surface area contributed by atoms with E-state index in [4.69, 9.17) is 0 Å². The van der Waals surface area contributed by atoms with Crippen molar-refractivity contribution in [3.8, 4) is 0 Å². The van der Waals surface area contributed by atoms with Crippen LogP contribution in [-0.2, 0) is 6.18 Å². The van der Waals surface area contributed by atoms with Crippen LogP contribution in [0.25, 0.3) is 0 Å². The molecule has 1 amide bonds. The van der Waals surface area contributed by atoms with Gasteiger partial charge in [0.15, 0.2) is 0 Å². The van der Waals surface area contributed by atoms with Gasteiger partial charge in [-0.25, -0.2) is 9.97 Å². The molecule has 0 fully saturated rings. The fourth-order valence-electron chi connectivity index (χ4n) is 1.88. The molecule has 0 bridgehead atoms. The summed E-state index contributed by atoms with van der Waals surface area (Å²) >= 11 is 0. The Bertz CT molecular complexity index is 699. The van der Waals surface area contributed by atoms with Gasteiger partial charge in [-0.15, -0.1) is 0 Å². The molecule has 9 heteroatoms. The number of likely N-dealkylation sites (N-methyl/N-ethyl adjacent to an activating group) is 1. The molecule has 0 aliphatic carbocycles. The highest BCUT2D eigenvalue weighted by molar-refractivity contribution is 6.02. The fraction of sp³-hybridized carbons (Fsp3) is 0.312. The van der Waals surface area contributed by atoms with E-state index in [9.17, 15) is 18.0 Å². The average Bonchev–Trinajstić information content (AvgIpc) is 2.55. The van der Waals surface area contributed by atoms with Crippen molar-refractivity contribution in [1.82, 2.24) is 14.9 Å². The zero-order valence-electron chi connectivity index (χ0n) is 13.8. The third-order valence-corrected chi connectivity index (χ3v) is 3.22. The van der Waals surface area contributed by atoms with Gasteiger partial charge < -0.3 is 15.5 Å². The van der Waals surface area contributed by atoms with Crippen molar-refractivity contribution in [2.75, 3.05) is 37.8 Å². The maximum atomic E-state index is 12.5. The number of halogens is 3. The van der Waals surface area contributed by atoms with Crippen molar-refractivity contribution in [2.45, 2.75) is 6.18 Å². The molecule has 1 aromatic heterocycles. The number of hydrogen-bond donors (Lipinski definition) is 2. The summed E-state index contributed by atoms with van der Waals surface area (Å²) in [5.41, 5.74) is -0.468. The Morgan fingerprint density at radius 1 is 1.12 bits per heavy atom. The van der Waals surface area contributed by atoms with Gasteiger partial charge in [0.25, 0.3) is 5.91 Å². The number of aromatic nitrogens is 2. The molecule has 0 radical (unpaired) electrons. The lowest BCUT2D eigenvalue weighted by Gasteiger charge is -2.11. The number of carbonyl (C=O) groups is 1. The number of hydrogen-bond acceptors (Lipinski definition) is 5. The van der Waals surface area contributed by atoms with Gasteiger partial charge in [-0.1, -0.05) is 0 Å². The van der Waals surface area contributed by atoms with Crippen LogP contribution in [0.4, 0.5) is 24.7 Å². The van der Waals surface area contributed by atoms with E-state index in [1.807, 2.05) is 19.0 Å². The first-order chi connectivity index (χ1) is 11.8. The second-order valence-corrected chi connectivity index (χ2v) is 5.55. The molecular formula is C16H18F3N5O. The predicted molar refractivity (Wildman–Crippen MR) is 88.5 cm³/mol. The fourth-order valence-corrected chi connectivity index (χ4v) is 1.88. The van der Waals surface area contributed by atoms with Crippen LogP contribution in [0.2, 0.25) is 0 Å². The molecule has 0 unspecified atom stereocenters. The smallest absolute Gasteiger partial charge is 0.368 e. The van der Waals surface area contributed by atoms with Gasteiger partial charge in [-0.2, -0.15) is 13.2 Å². The third-order valence-electron chi connectivity index (χ3n) is 3.22. The van der Waals surface area contributed by atoms with Crippen LogP contribution in [0.5, 0.6) is 0 Å². The first-order valence-corrected chi connectivity index (χ1v) is 7.45. The van der Waals surface area contributed by atoms with Gasteiger partial charge in [-0.3, -0.25) is 4.79 Å². The molecular weight excluding hydrogens is 335 g/mol. The van der Waals surface area contributed by atoms with Crippen LogP contribution in [0.1, 0.15) is 16.1 Å². The number of alkyl halides is 3. The number of anilines is 2. The Hall–Kier alpha value is -2.68. The van der Waals surface area contributed by atoms with Gasteiger partial charge in [-0.05, 0) is 38.4 Å². The van der Waals surface area contributed by atoms with Gasteiger partial charge in [0.05, 0.1) is 18.0 Å². The predicted octanol–water partition coefficient (Wildman–Crippen LogP) is 2.72. The summed E-state index contributed by atoms with van der Waals surface area (Å²) in [5, 5.41) is 5.54. The van der Waals surface area contributed by atoms with Crippen LogP contribution >= 0.6 is 0 Å². The highest BCUT2D eigenvalue weighted by Gasteiger charge is 2.30. The Kier molecular flexibility index (Phi) is 5.92. The van der Waals surface area contributed by atoms with E-state index < -0.39 is 17.6 Å². The monoisotopic (exact) mass is 353 g/mol. The minimum atomic E-state index is -4.41. The summed E-state index contributed by atoms with van der Waals surface area (Å²) in [5.74, 6) is -0.0139. The number of amides is 1. The summed E-state index contributed by atoms with van der Waals surface area (Å²) in [4.78, 5) is 22.1. The molecule has 1 heterocycles. The average molecular weight is 353 g/mol. The zero-order chi connectivity index (χ0) is 18.4. The van der Waals surface area contributed by atoms with Gasteiger partial charge in [0, 0.05) is 18.8 Å². The summed E-state index contributed by atoms with van der Waals surface area (Å²) in [6.45, 7) is 1.50. The zero-order valence-corrected chi connectivity index (χ0v) is 13.8. The second-order valence-electron chi connectivity index (χ2n) is 5.55. The molecule has 0 saturated heterocycles. The van der Waals surface area contributed by atoms with Crippen molar-refractivity contribution in [1.29, 1.82) is 0 Å². The van der Waals surface area contributed by atoms with Crippen molar-refractivity contribution >= 4 is 17.4 Å². The molecule has 0 atom stereocenters. The minimum absolute atomic E-state index is 0.0676. The molecule has 2 N–H and O–H groups in total. The van der Waals surface area contributed by atoms with E-state index in [2.05, 4.69) is 20.6 Å². The summed E-state index contributed by atoms with van der Waals surface area (Å²) in [7, 11) is 3.89. The molecule has 134 valence electrons. The van der Waals surface area contributed by atoms with E-state index in [-0.39, 0.29) is 11.4 Å².